The van der Waals surface area contributed by atoms with Crippen molar-refractivity contribution in [3.63, 3.8) is 0 Å². The van der Waals surface area contributed by atoms with Crippen LogP contribution in [-0.4, -0.2) is 31.6 Å². The Morgan fingerprint density at radius 1 is 1.47 bits per heavy atom. The monoisotopic (exact) mass is 263 g/mol. The Kier molecular flexibility index (Phi) is 3.78. The molecule has 1 aromatic carbocycles. The second-order valence-electron chi connectivity index (χ2n) is 5.41. The van der Waals surface area contributed by atoms with Crippen LogP contribution in [0.4, 0.5) is 5.69 Å². The number of ether oxygens (including phenoxy) is 1. The van der Waals surface area contributed by atoms with E-state index in [0.717, 1.165) is 17.0 Å². The maximum atomic E-state index is 12.1. The summed E-state index contributed by atoms with van der Waals surface area (Å²) < 4.78 is 5.46. The molecule has 1 aliphatic heterocycles. The van der Waals surface area contributed by atoms with Gasteiger partial charge in [-0.05, 0) is 38.6 Å². The molecule has 0 atom stereocenters. The summed E-state index contributed by atoms with van der Waals surface area (Å²) in [7, 11) is 1.89. The predicted molar refractivity (Wildman–Crippen MR) is 75.3 cm³/mol. The van der Waals surface area contributed by atoms with Gasteiger partial charge in [0.25, 0.3) is 5.91 Å². The van der Waals surface area contributed by atoms with Gasteiger partial charge < -0.3 is 20.7 Å². The molecule has 0 radical (unpaired) electrons. The minimum Gasteiger partial charge on any atom is -0.482 e. The first kappa shape index (κ1) is 13.8. The van der Waals surface area contributed by atoms with Crippen LogP contribution in [0.3, 0.4) is 0 Å². The standard InChI is InChI=1S/C14H21N3O2/c1-14(2,16-3)9-17-11-6-10(7-15)4-5-12(11)19-8-13(17)18/h4-6,16H,7-9,15H2,1-3H3. The van der Waals surface area contributed by atoms with Gasteiger partial charge in [-0.3, -0.25) is 4.79 Å². The molecule has 0 fully saturated rings. The summed E-state index contributed by atoms with van der Waals surface area (Å²) >= 11 is 0. The lowest BCUT2D eigenvalue weighted by Crippen LogP contribution is -2.52. The Balaban J connectivity index is 2.36. The van der Waals surface area contributed by atoms with Crippen LogP contribution in [-0.2, 0) is 11.3 Å². The highest BCUT2D eigenvalue weighted by atomic mass is 16.5. The number of anilines is 1. The number of amides is 1. The first-order chi connectivity index (χ1) is 8.96. The van der Waals surface area contributed by atoms with Crippen LogP contribution >= 0.6 is 0 Å². The SMILES string of the molecule is CNC(C)(C)CN1C(=O)COc2ccc(CN)cc21. The first-order valence-electron chi connectivity index (χ1n) is 6.42. The third-order valence-electron chi connectivity index (χ3n) is 3.43. The van der Waals surface area contributed by atoms with E-state index in [0.29, 0.717) is 13.1 Å². The Morgan fingerprint density at radius 2 is 2.21 bits per heavy atom. The predicted octanol–water partition coefficient (Wildman–Crippen LogP) is 0.869. The van der Waals surface area contributed by atoms with Crippen LogP contribution in [0.1, 0.15) is 19.4 Å². The van der Waals surface area contributed by atoms with Gasteiger partial charge in [-0.25, -0.2) is 0 Å². The molecule has 0 aliphatic carbocycles. The van der Waals surface area contributed by atoms with Gasteiger partial charge in [-0.15, -0.1) is 0 Å². The van der Waals surface area contributed by atoms with Gasteiger partial charge >= 0.3 is 0 Å². The van der Waals surface area contributed by atoms with Gasteiger partial charge in [-0.1, -0.05) is 6.07 Å². The minimum atomic E-state index is -0.164. The topological polar surface area (TPSA) is 67.6 Å². The van der Waals surface area contributed by atoms with Crippen LogP contribution in [0, 0.1) is 0 Å². The molecule has 1 aliphatic rings. The van der Waals surface area contributed by atoms with E-state index in [9.17, 15) is 4.79 Å². The van der Waals surface area contributed by atoms with E-state index in [-0.39, 0.29) is 18.1 Å². The molecule has 5 nitrogen and oxygen atoms in total. The molecule has 0 saturated heterocycles. The number of carbonyl (C=O) groups excluding carboxylic acids is 1. The smallest absolute Gasteiger partial charge is 0.265 e. The van der Waals surface area contributed by atoms with Crippen molar-refractivity contribution >= 4 is 11.6 Å². The number of nitrogens with one attached hydrogen (secondary N) is 1. The Labute approximate surface area is 113 Å². The molecule has 5 heteroatoms. The fraction of sp³-hybridized carbons (Fsp3) is 0.500. The van der Waals surface area contributed by atoms with Crippen molar-refractivity contribution in [1.82, 2.24) is 5.32 Å². The number of hydrogen-bond donors (Lipinski definition) is 2. The molecule has 3 N–H and O–H groups in total. The third-order valence-corrected chi connectivity index (χ3v) is 3.43. The summed E-state index contributed by atoms with van der Waals surface area (Å²) in [6, 6.07) is 5.73. The van der Waals surface area contributed by atoms with Crippen molar-refractivity contribution in [3.05, 3.63) is 23.8 Å². The highest BCUT2D eigenvalue weighted by Gasteiger charge is 2.30. The second-order valence-corrected chi connectivity index (χ2v) is 5.41. The molecule has 104 valence electrons. The average Bonchev–Trinajstić information content (AvgIpc) is 2.41. The van der Waals surface area contributed by atoms with Gasteiger partial charge in [0.1, 0.15) is 5.75 Å². The van der Waals surface area contributed by atoms with E-state index in [4.69, 9.17) is 10.5 Å². The molecule has 0 aromatic heterocycles. The number of carbonyl (C=O) groups is 1. The molecule has 0 spiro atoms. The second kappa shape index (κ2) is 5.19. The summed E-state index contributed by atoms with van der Waals surface area (Å²) in [5, 5.41) is 3.21. The number of rotatable bonds is 4. The van der Waals surface area contributed by atoms with Crippen LogP contribution in [0.25, 0.3) is 0 Å². The number of fused-ring (bicyclic) bond motifs is 1. The molecule has 1 aromatic rings. The number of nitrogens with zero attached hydrogens (tertiary/aromatic N) is 1. The molecule has 0 unspecified atom stereocenters. The molecule has 19 heavy (non-hydrogen) atoms. The summed E-state index contributed by atoms with van der Waals surface area (Å²) in [6.45, 7) is 5.25. The highest BCUT2D eigenvalue weighted by Crippen LogP contribution is 2.33. The lowest BCUT2D eigenvalue weighted by molar-refractivity contribution is -0.121. The Bertz CT molecular complexity index is 486. The number of likely N-dealkylation sites (N-methyl/N-ethyl adjacent to an activating group) is 1. The van der Waals surface area contributed by atoms with Crippen LogP contribution in [0.15, 0.2) is 18.2 Å². The minimum absolute atomic E-state index is 0.0232. The van der Waals surface area contributed by atoms with Crippen molar-refractivity contribution in [2.75, 3.05) is 25.1 Å². The Morgan fingerprint density at radius 3 is 2.84 bits per heavy atom. The number of hydrogen-bond acceptors (Lipinski definition) is 4. The van der Waals surface area contributed by atoms with E-state index in [1.165, 1.54) is 0 Å². The van der Waals surface area contributed by atoms with Crippen molar-refractivity contribution in [2.45, 2.75) is 25.9 Å². The maximum absolute atomic E-state index is 12.1. The number of nitrogens with two attached hydrogens (primary N) is 1. The Hall–Kier alpha value is -1.59. The molecule has 1 heterocycles. The lowest BCUT2D eigenvalue weighted by Gasteiger charge is -2.36. The zero-order chi connectivity index (χ0) is 14.0. The maximum Gasteiger partial charge on any atom is 0.265 e. The van der Waals surface area contributed by atoms with E-state index >= 15 is 0 Å². The summed E-state index contributed by atoms with van der Waals surface area (Å²) in [5.74, 6) is 0.716. The molecule has 1 amide bonds. The third kappa shape index (κ3) is 2.88. The zero-order valence-electron chi connectivity index (χ0n) is 11.7. The van der Waals surface area contributed by atoms with E-state index in [1.54, 1.807) is 4.90 Å². The van der Waals surface area contributed by atoms with Crippen molar-refractivity contribution in [1.29, 1.82) is 0 Å². The van der Waals surface area contributed by atoms with Crippen LogP contribution in [0.5, 0.6) is 5.75 Å². The fourth-order valence-corrected chi connectivity index (χ4v) is 2.02. The normalized spacial score (nSPS) is 15.2. The summed E-state index contributed by atoms with van der Waals surface area (Å²) in [5.41, 5.74) is 7.29. The average molecular weight is 263 g/mol. The molecule has 0 bridgehead atoms. The summed E-state index contributed by atoms with van der Waals surface area (Å²) in [6.07, 6.45) is 0. The van der Waals surface area contributed by atoms with E-state index in [1.807, 2.05) is 25.2 Å². The largest absolute Gasteiger partial charge is 0.482 e. The van der Waals surface area contributed by atoms with Gasteiger partial charge in [0.05, 0.1) is 5.69 Å². The van der Waals surface area contributed by atoms with Gasteiger partial charge in [0, 0.05) is 18.6 Å². The lowest BCUT2D eigenvalue weighted by atomic mass is 10.0. The molecular formula is C14H21N3O2. The zero-order valence-corrected chi connectivity index (χ0v) is 11.7. The first-order valence-corrected chi connectivity index (χ1v) is 6.42. The fourth-order valence-electron chi connectivity index (χ4n) is 2.02. The molecular weight excluding hydrogens is 242 g/mol. The van der Waals surface area contributed by atoms with E-state index < -0.39 is 0 Å². The quantitative estimate of drug-likeness (QED) is 0.846. The van der Waals surface area contributed by atoms with Crippen LogP contribution in [0.2, 0.25) is 0 Å². The summed E-state index contributed by atoms with van der Waals surface area (Å²) in [4.78, 5) is 13.9. The van der Waals surface area contributed by atoms with Gasteiger partial charge in [-0.2, -0.15) is 0 Å². The van der Waals surface area contributed by atoms with Gasteiger partial charge in [0.2, 0.25) is 0 Å². The highest BCUT2D eigenvalue weighted by molar-refractivity contribution is 5.98. The molecule has 2 rings (SSSR count). The van der Waals surface area contributed by atoms with Gasteiger partial charge in [0.15, 0.2) is 6.61 Å². The number of benzene rings is 1. The van der Waals surface area contributed by atoms with E-state index in [2.05, 4.69) is 19.2 Å². The van der Waals surface area contributed by atoms with Crippen molar-refractivity contribution in [2.24, 2.45) is 5.73 Å². The molecule has 0 saturated carbocycles. The van der Waals surface area contributed by atoms with Crippen molar-refractivity contribution < 1.29 is 9.53 Å². The van der Waals surface area contributed by atoms with Crippen LogP contribution < -0.4 is 20.7 Å². The van der Waals surface area contributed by atoms with Crippen molar-refractivity contribution in [3.8, 4) is 5.75 Å².